The molecule has 1 aromatic carbocycles. The highest BCUT2D eigenvalue weighted by atomic mass is 19.4. The predicted molar refractivity (Wildman–Crippen MR) is 94.4 cm³/mol. The molecule has 0 aliphatic rings. The van der Waals surface area contributed by atoms with E-state index in [1.807, 2.05) is 0 Å². The number of halogens is 3. The van der Waals surface area contributed by atoms with Crippen LogP contribution in [-0.2, 0) is 12.7 Å². The number of carbonyl (C=O) groups is 1. The van der Waals surface area contributed by atoms with Gasteiger partial charge in [0.05, 0.1) is 23.0 Å². The molecule has 0 radical (unpaired) electrons. The number of H-pyrrole nitrogens is 1. The van der Waals surface area contributed by atoms with Crippen LogP contribution in [0.25, 0.3) is 22.0 Å². The fourth-order valence-electron chi connectivity index (χ4n) is 3.23. The highest BCUT2D eigenvalue weighted by molar-refractivity contribution is 6.02. The molecular weight excluding hydrogens is 391 g/mol. The second kappa shape index (κ2) is 6.47. The zero-order chi connectivity index (χ0) is 20.9. The first-order valence-electron chi connectivity index (χ1n) is 8.42. The van der Waals surface area contributed by atoms with Gasteiger partial charge in [-0.25, -0.2) is 4.79 Å². The highest BCUT2D eigenvalue weighted by Gasteiger charge is 2.33. The van der Waals surface area contributed by atoms with Crippen LogP contribution in [0.5, 0.6) is 0 Å². The number of carboxylic acid groups (broad SMARTS) is 1. The van der Waals surface area contributed by atoms with Gasteiger partial charge in [-0.2, -0.15) is 23.4 Å². The van der Waals surface area contributed by atoms with E-state index in [-0.39, 0.29) is 28.9 Å². The first-order chi connectivity index (χ1) is 13.6. The SMILES string of the molecule is Cc1cc(Cn2nc(C(=O)O)c(-c3cc(C(F)(F)F)cc4[nH]ncc34)c2C)on1. The molecule has 11 heteroatoms. The van der Waals surface area contributed by atoms with Crippen LogP contribution in [0.3, 0.4) is 0 Å². The molecule has 0 bridgehead atoms. The van der Waals surface area contributed by atoms with Crippen molar-refractivity contribution in [3.05, 3.63) is 52.8 Å². The summed E-state index contributed by atoms with van der Waals surface area (Å²) in [6.07, 6.45) is -3.26. The zero-order valence-corrected chi connectivity index (χ0v) is 15.2. The summed E-state index contributed by atoms with van der Waals surface area (Å²) in [6, 6.07) is 3.51. The maximum atomic E-state index is 13.4. The van der Waals surface area contributed by atoms with Crippen LogP contribution in [-0.4, -0.2) is 36.2 Å². The minimum absolute atomic E-state index is 0.0819. The van der Waals surface area contributed by atoms with Gasteiger partial charge in [0.1, 0.15) is 6.54 Å². The number of alkyl halides is 3. The van der Waals surface area contributed by atoms with Crippen molar-refractivity contribution in [3.8, 4) is 11.1 Å². The van der Waals surface area contributed by atoms with E-state index in [0.29, 0.717) is 22.5 Å². The van der Waals surface area contributed by atoms with Gasteiger partial charge < -0.3 is 9.63 Å². The molecule has 2 N–H and O–H groups in total. The lowest BCUT2D eigenvalue weighted by Crippen LogP contribution is -2.06. The van der Waals surface area contributed by atoms with E-state index in [1.165, 1.54) is 10.9 Å². The van der Waals surface area contributed by atoms with Crippen molar-refractivity contribution in [2.75, 3.05) is 0 Å². The number of benzene rings is 1. The van der Waals surface area contributed by atoms with Crippen molar-refractivity contribution >= 4 is 16.9 Å². The maximum absolute atomic E-state index is 13.4. The number of aromatic amines is 1. The Labute approximate surface area is 160 Å². The Morgan fingerprint density at radius 2 is 2.03 bits per heavy atom. The molecular formula is C18H14F3N5O3. The molecule has 29 heavy (non-hydrogen) atoms. The van der Waals surface area contributed by atoms with Crippen LogP contribution < -0.4 is 0 Å². The molecule has 0 saturated heterocycles. The van der Waals surface area contributed by atoms with Crippen molar-refractivity contribution in [2.24, 2.45) is 0 Å². The summed E-state index contributed by atoms with van der Waals surface area (Å²) in [5.74, 6) is -0.918. The van der Waals surface area contributed by atoms with E-state index in [0.717, 1.165) is 12.1 Å². The van der Waals surface area contributed by atoms with E-state index in [2.05, 4.69) is 20.5 Å². The maximum Gasteiger partial charge on any atom is 0.416 e. The van der Waals surface area contributed by atoms with Gasteiger partial charge in [-0.05, 0) is 31.5 Å². The lowest BCUT2D eigenvalue weighted by atomic mass is 9.97. The number of nitrogens with one attached hydrogen (secondary N) is 1. The summed E-state index contributed by atoms with van der Waals surface area (Å²) in [5.41, 5.74) is 0.0489. The third kappa shape index (κ3) is 3.24. The van der Waals surface area contributed by atoms with Crippen LogP contribution in [0.15, 0.2) is 28.9 Å². The summed E-state index contributed by atoms with van der Waals surface area (Å²) < 4.78 is 46.6. The fourth-order valence-corrected chi connectivity index (χ4v) is 3.23. The summed E-state index contributed by atoms with van der Waals surface area (Å²) in [4.78, 5) is 11.8. The molecule has 0 amide bonds. The molecule has 0 atom stereocenters. The minimum Gasteiger partial charge on any atom is -0.476 e. The van der Waals surface area contributed by atoms with Crippen LogP contribution in [0.1, 0.15) is 33.2 Å². The molecule has 0 fully saturated rings. The van der Waals surface area contributed by atoms with Gasteiger partial charge >= 0.3 is 12.1 Å². The number of hydrogen-bond donors (Lipinski definition) is 2. The van der Waals surface area contributed by atoms with Gasteiger partial charge in [0.2, 0.25) is 0 Å². The normalized spacial score (nSPS) is 12.0. The molecule has 8 nitrogen and oxygen atoms in total. The van der Waals surface area contributed by atoms with Gasteiger partial charge in [0.25, 0.3) is 0 Å². The monoisotopic (exact) mass is 405 g/mol. The van der Waals surface area contributed by atoms with Gasteiger partial charge in [-0.15, -0.1) is 0 Å². The summed E-state index contributed by atoms with van der Waals surface area (Å²) in [5, 5.41) is 24.2. The average Bonchev–Trinajstić information content (AvgIpc) is 3.33. The smallest absolute Gasteiger partial charge is 0.416 e. The van der Waals surface area contributed by atoms with Crippen LogP contribution >= 0.6 is 0 Å². The molecule has 4 rings (SSSR count). The van der Waals surface area contributed by atoms with Crippen molar-refractivity contribution in [2.45, 2.75) is 26.6 Å². The van der Waals surface area contributed by atoms with E-state index in [1.54, 1.807) is 19.9 Å². The lowest BCUT2D eigenvalue weighted by molar-refractivity contribution is -0.137. The van der Waals surface area contributed by atoms with Crippen molar-refractivity contribution < 1.29 is 27.6 Å². The summed E-state index contributed by atoms with van der Waals surface area (Å²) in [6.45, 7) is 3.40. The Kier molecular flexibility index (Phi) is 4.17. The molecule has 3 aromatic heterocycles. The lowest BCUT2D eigenvalue weighted by Gasteiger charge is -2.11. The Balaban J connectivity index is 1.95. The molecule has 0 spiro atoms. The van der Waals surface area contributed by atoms with Crippen LogP contribution in [0, 0.1) is 13.8 Å². The average molecular weight is 405 g/mol. The van der Waals surface area contributed by atoms with Gasteiger partial charge in [-0.1, -0.05) is 5.16 Å². The first kappa shape index (κ1) is 18.7. The molecule has 150 valence electrons. The predicted octanol–water partition coefficient (Wildman–Crippen LogP) is 3.80. The first-order valence-corrected chi connectivity index (χ1v) is 8.42. The second-order valence-electron chi connectivity index (χ2n) is 6.56. The Hall–Kier alpha value is -3.63. The van der Waals surface area contributed by atoms with Crippen molar-refractivity contribution in [3.63, 3.8) is 0 Å². The standard InChI is InChI=1S/C18H14F3N5O3/c1-8-3-11(29-25-8)7-26-9(2)15(16(24-26)17(27)28)12-4-10(18(19,20)21)5-14-13(12)6-22-23-14/h3-6H,7H2,1-2H3,(H,22,23)(H,27,28). The Morgan fingerprint density at radius 1 is 1.28 bits per heavy atom. The van der Waals surface area contributed by atoms with E-state index < -0.39 is 17.7 Å². The number of fused-ring (bicyclic) bond motifs is 1. The summed E-state index contributed by atoms with van der Waals surface area (Å²) in [7, 11) is 0. The minimum atomic E-state index is -4.61. The molecule has 0 saturated carbocycles. The molecule has 0 unspecified atom stereocenters. The van der Waals surface area contributed by atoms with Crippen molar-refractivity contribution in [1.29, 1.82) is 0 Å². The third-order valence-corrected chi connectivity index (χ3v) is 4.55. The number of hydrogen-bond acceptors (Lipinski definition) is 5. The molecule has 0 aliphatic heterocycles. The Bertz CT molecular complexity index is 1240. The van der Waals surface area contributed by atoms with Crippen molar-refractivity contribution in [1.82, 2.24) is 25.1 Å². The fraction of sp³-hybridized carbons (Fsp3) is 0.222. The van der Waals surface area contributed by atoms with E-state index >= 15 is 0 Å². The van der Waals surface area contributed by atoms with Crippen LogP contribution in [0.4, 0.5) is 13.2 Å². The largest absolute Gasteiger partial charge is 0.476 e. The number of nitrogens with zero attached hydrogens (tertiary/aromatic N) is 4. The van der Waals surface area contributed by atoms with Gasteiger partial charge in [-0.3, -0.25) is 9.78 Å². The third-order valence-electron chi connectivity index (χ3n) is 4.55. The molecule has 0 aliphatic carbocycles. The zero-order valence-electron chi connectivity index (χ0n) is 15.2. The number of aromatic nitrogens is 5. The number of carboxylic acids is 1. The van der Waals surface area contributed by atoms with E-state index in [9.17, 15) is 23.1 Å². The summed E-state index contributed by atoms with van der Waals surface area (Å²) >= 11 is 0. The number of aryl methyl sites for hydroxylation is 1. The quantitative estimate of drug-likeness (QED) is 0.535. The van der Waals surface area contributed by atoms with Crippen LogP contribution in [0.2, 0.25) is 0 Å². The Morgan fingerprint density at radius 3 is 2.66 bits per heavy atom. The molecule has 3 heterocycles. The van der Waals surface area contributed by atoms with Gasteiger partial charge in [0, 0.05) is 22.7 Å². The molecule has 4 aromatic rings. The second-order valence-corrected chi connectivity index (χ2v) is 6.56. The van der Waals surface area contributed by atoms with E-state index in [4.69, 9.17) is 4.52 Å². The topological polar surface area (TPSA) is 110 Å². The van der Waals surface area contributed by atoms with Gasteiger partial charge in [0.15, 0.2) is 11.5 Å². The number of rotatable bonds is 4. The highest BCUT2D eigenvalue weighted by Crippen LogP contribution is 2.39. The number of aromatic carboxylic acids is 1.